The van der Waals surface area contributed by atoms with Crippen LogP contribution in [-0.2, 0) is 16.6 Å². The van der Waals surface area contributed by atoms with Crippen molar-refractivity contribution in [3.8, 4) is 0 Å². The van der Waals surface area contributed by atoms with Crippen molar-refractivity contribution in [1.82, 2.24) is 5.32 Å². The Morgan fingerprint density at radius 2 is 1.76 bits per heavy atom. The molecule has 1 aromatic heterocycles. The number of amides is 1. The second kappa shape index (κ2) is 7.23. The second-order valence-corrected chi connectivity index (χ2v) is 6.94. The van der Waals surface area contributed by atoms with Gasteiger partial charge in [0.1, 0.15) is 5.76 Å². The molecule has 0 aliphatic heterocycles. The number of hydrogen-bond donors (Lipinski definition) is 2. The Kier molecular flexibility index (Phi) is 4.85. The lowest BCUT2D eigenvalue weighted by Gasteiger charge is -2.09. The molecule has 6 nitrogen and oxygen atoms in total. The Bertz CT molecular complexity index is 952. The van der Waals surface area contributed by atoms with Crippen LogP contribution in [0.2, 0.25) is 0 Å². The quantitative estimate of drug-likeness (QED) is 0.711. The highest BCUT2D eigenvalue weighted by Crippen LogP contribution is 2.17. The van der Waals surface area contributed by atoms with Gasteiger partial charge in [0.15, 0.2) is 0 Å². The van der Waals surface area contributed by atoms with Crippen LogP contribution in [0.1, 0.15) is 16.1 Å². The Labute approximate surface area is 145 Å². The number of sulfonamides is 1. The third kappa shape index (κ3) is 4.27. The average molecular weight is 356 g/mol. The highest BCUT2D eigenvalue weighted by atomic mass is 32.2. The summed E-state index contributed by atoms with van der Waals surface area (Å²) >= 11 is 0. The topological polar surface area (TPSA) is 88.4 Å². The van der Waals surface area contributed by atoms with Crippen LogP contribution in [-0.4, -0.2) is 14.3 Å². The van der Waals surface area contributed by atoms with Gasteiger partial charge < -0.3 is 9.73 Å². The van der Waals surface area contributed by atoms with Gasteiger partial charge in [0.25, 0.3) is 15.9 Å². The lowest BCUT2D eigenvalue weighted by atomic mass is 10.2. The summed E-state index contributed by atoms with van der Waals surface area (Å²) in [5.74, 6) is 0.232. The Morgan fingerprint density at radius 3 is 2.48 bits per heavy atom. The van der Waals surface area contributed by atoms with Gasteiger partial charge in [-0.2, -0.15) is 0 Å². The summed E-state index contributed by atoms with van der Waals surface area (Å²) < 4.78 is 32.6. The van der Waals surface area contributed by atoms with Crippen molar-refractivity contribution >= 4 is 21.6 Å². The molecule has 3 rings (SSSR count). The van der Waals surface area contributed by atoms with E-state index in [1.54, 1.807) is 48.5 Å². The molecule has 0 saturated carbocycles. The van der Waals surface area contributed by atoms with E-state index in [4.69, 9.17) is 4.42 Å². The highest BCUT2D eigenvalue weighted by Gasteiger charge is 2.16. The van der Waals surface area contributed by atoms with Gasteiger partial charge in [0.2, 0.25) is 0 Å². The van der Waals surface area contributed by atoms with Crippen molar-refractivity contribution in [2.75, 3.05) is 4.72 Å². The van der Waals surface area contributed by atoms with Gasteiger partial charge in [-0.15, -0.1) is 0 Å². The van der Waals surface area contributed by atoms with E-state index in [1.165, 1.54) is 24.5 Å². The van der Waals surface area contributed by atoms with Gasteiger partial charge in [0.05, 0.1) is 17.7 Å². The van der Waals surface area contributed by atoms with Crippen molar-refractivity contribution in [3.05, 3.63) is 84.3 Å². The second-order valence-electron chi connectivity index (χ2n) is 5.26. The molecular formula is C18H16N2O4S. The largest absolute Gasteiger partial charge is 0.467 e. The minimum Gasteiger partial charge on any atom is -0.467 e. The third-order valence-corrected chi connectivity index (χ3v) is 4.81. The maximum atomic E-state index is 12.5. The molecule has 0 atom stereocenters. The fourth-order valence-electron chi connectivity index (χ4n) is 2.21. The zero-order valence-corrected chi connectivity index (χ0v) is 14.0. The first-order chi connectivity index (χ1) is 12.0. The molecule has 0 spiro atoms. The molecule has 2 aromatic carbocycles. The number of furan rings is 1. The molecule has 1 amide bonds. The fourth-order valence-corrected chi connectivity index (χ4v) is 3.31. The van der Waals surface area contributed by atoms with Crippen molar-refractivity contribution in [2.45, 2.75) is 11.4 Å². The van der Waals surface area contributed by atoms with Gasteiger partial charge in [-0.3, -0.25) is 9.52 Å². The highest BCUT2D eigenvalue weighted by molar-refractivity contribution is 7.92. The Hall–Kier alpha value is -3.06. The first-order valence-electron chi connectivity index (χ1n) is 7.53. The molecule has 7 heteroatoms. The van der Waals surface area contributed by atoms with E-state index >= 15 is 0 Å². The van der Waals surface area contributed by atoms with Crippen LogP contribution in [0, 0.1) is 0 Å². The molecule has 0 fully saturated rings. The summed E-state index contributed by atoms with van der Waals surface area (Å²) in [7, 11) is -3.78. The van der Waals surface area contributed by atoms with Crippen LogP contribution in [0.3, 0.4) is 0 Å². The van der Waals surface area contributed by atoms with E-state index in [9.17, 15) is 13.2 Å². The maximum absolute atomic E-state index is 12.5. The molecule has 3 aromatic rings. The number of benzene rings is 2. The third-order valence-electron chi connectivity index (χ3n) is 3.44. The van der Waals surface area contributed by atoms with E-state index in [1.807, 2.05) is 0 Å². The van der Waals surface area contributed by atoms with Crippen LogP contribution < -0.4 is 10.0 Å². The molecule has 0 aliphatic carbocycles. The van der Waals surface area contributed by atoms with Gasteiger partial charge in [-0.05, 0) is 42.5 Å². The fraction of sp³-hybridized carbons (Fsp3) is 0.0556. The number of hydrogen-bond acceptors (Lipinski definition) is 4. The number of carbonyl (C=O) groups excluding carboxylic acids is 1. The van der Waals surface area contributed by atoms with Crippen molar-refractivity contribution < 1.29 is 17.6 Å². The van der Waals surface area contributed by atoms with Gasteiger partial charge in [-0.1, -0.05) is 24.3 Å². The summed E-state index contributed by atoms with van der Waals surface area (Å²) in [5.41, 5.74) is 0.706. The van der Waals surface area contributed by atoms with E-state index in [0.717, 1.165) is 0 Å². The molecule has 0 bridgehead atoms. The maximum Gasteiger partial charge on any atom is 0.261 e. The predicted octanol–water partition coefficient (Wildman–Crippen LogP) is 3.01. The van der Waals surface area contributed by atoms with E-state index in [2.05, 4.69) is 10.0 Å². The van der Waals surface area contributed by atoms with Crippen LogP contribution in [0.25, 0.3) is 0 Å². The van der Waals surface area contributed by atoms with E-state index in [0.29, 0.717) is 11.4 Å². The Balaban J connectivity index is 1.75. The molecule has 128 valence electrons. The summed E-state index contributed by atoms with van der Waals surface area (Å²) in [6.07, 6.45) is 1.52. The molecule has 25 heavy (non-hydrogen) atoms. The minimum absolute atomic E-state index is 0.0157. The average Bonchev–Trinajstić information content (AvgIpc) is 3.14. The van der Waals surface area contributed by atoms with Crippen molar-refractivity contribution in [2.24, 2.45) is 0 Å². The number of anilines is 1. The molecule has 1 heterocycles. The summed E-state index contributed by atoms with van der Waals surface area (Å²) in [6, 6.07) is 17.9. The first kappa shape index (κ1) is 16.8. The van der Waals surface area contributed by atoms with Crippen LogP contribution >= 0.6 is 0 Å². The summed E-state index contributed by atoms with van der Waals surface area (Å²) in [4.78, 5) is 12.2. The monoisotopic (exact) mass is 356 g/mol. The number of para-hydroxylation sites is 1. The van der Waals surface area contributed by atoms with Crippen LogP contribution in [0.15, 0.2) is 82.3 Å². The molecule has 0 radical (unpaired) electrons. The van der Waals surface area contributed by atoms with Crippen LogP contribution in [0.4, 0.5) is 5.69 Å². The Morgan fingerprint density at radius 1 is 0.960 bits per heavy atom. The van der Waals surface area contributed by atoms with Gasteiger partial charge in [-0.25, -0.2) is 8.42 Å². The van der Waals surface area contributed by atoms with Gasteiger partial charge >= 0.3 is 0 Å². The summed E-state index contributed by atoms with van der Waals surface area (Å²) in [6.45, 7) is 0.227. The molecule has 0 saturated heterocycles. The smallest absolute Gasteiger partial charge is 0.261 e. The first-order valence-corrected chi connectivity index (χ1v) is 9.01. The number of nitrogens with one attached hydrogen (secondary N) is 2. The predicted molar refractivity (Wildman–Crippen MR) is 93.6 cm³/mol. The number of rotatable bonds is 6. The lowest BCUT2D eigenvalue weighted by Crippen LogP contribution is -2.23. The molecule has 0 unspecified atom stereocenters. The van der Waals surface area contributed by atoms with E-state index < -0.39 is 10.0 Å². The molecule has 2 N–H and O–H groups in total. The zero-order valence-electron chi connectivity index (χ0n) is 13.2. The SMILES string of the molecule is O=C(NCc1ccco1)c1cccc(S(=O)(=O)Nc2ccccc2)c1. The minimum atomic E-state index is -3.78. The molecular weight excluding hydrogens is 340 g/mol. The lowest BCUT2D eigenvalue weighted by molar-refractivity contribution is 0.0948. The van der Waals surface area contributed by atoms with Crippen LogP contribution in [0.5, 0.6) is 0 Å². The zero-order chi connectivity index (χ0) is 17.7. The van der Waals surface area contributed by atoms with Gasteiger partial charge in [0, 0.05) is 11.3 Å². The van der Waals surface area contributed by atoms with Crippen molar-refractivity contribution in [1.29, 1.82) is 0 Å². The molecule has 0 aliphatic rings. The van der Waals surface area contributed by atoms with Crippen molar-refractivity contribution in [3.63, 3.8) is 0 Å². The number of carbonyl (C=O) groups is 1. The normalized spacial score (nSPS) is 11.0. The summed E-state index contributed by atoms with van der Waals surface area (Å²) in [5, 5.41) is 2.68. The van der Waals surface area contributed by atoms with E-state index in [-0.39, 0.29) is 22.9 Å². The standard InChI is InChI=1S/C18H16N2O4S/c21-18(19-13-16-9-5-11-24-16)14-6-4-10-17(12-14)25(22,23)20-15-7-2-1-3-8-15/h1-12,20H,13H2,(H,19,21).